The van der Waals surface area contributed by atoms with Gasteiger partial charge in [-0.15, -0.1) is 0 Å². The Morgan fingerprint density at radius 3 is 2.00 bits per heavy atom. The molecule has 1 nitrogen and oxygen atoms in total. The van der Waals surface area contributed by atoms with Gasteiger partial charge in [0.15, 0.2) is 0 Å². The van der Waals surface area contributed by atoms with Crippen molar-refractivity contribution in [3.8, 4) is 0 Å². The fraction of sp³-hybridized carbons (Fsp3) is 1.00. The minimum absolute atomic E-state index is 0.901. The topological polar surface area (TPSA) is 9.23 Å². The van der Waals surface area contributed by atoms with Crippen LogP contribution >= 0.6 is 9.47 Å². The van der Waals surface area contributed by atoms with Crippen LogP contribution in [-0.2, 0) is 4.52 Å². The van der Waals surface area contributed by atoms with Crippen LogP contribution in [0.4, 0.5) is 0 Å². The predicted octanol–water partition coefficient (Wildman–Crippen LogP) is 3.54. The van der Waals surface area contributed by atoms with Crippen LogP contribution in [0.25, 0.3) is 0 Å². The standard InChI is InChI=1S/C9H21OP/c1-2-3-4-5-6-7-8-9-10-11/h2-9,11H2,1H3. The second-order valence-corrected chi connectivity index (χ2v) is 3.33. The van der Waals surface area contributed by atoms with Gasteiger partial charge in [-0.05, 0) is 6.42 Å². The number of rotatable bonds is 8. The largest absolute Gasteiger partial charge is 0.366 e. The fourth-order valence-electron chi connectivity index (χ4n) is 1.14. The summed E-state index contributed by atoms with van der Waals surface area (Å²) in [5.74, 6) is 0. The molecule has 0 aliphatic heterocycles. The van der Waals surface area contributed by atoms with Gasteiger partial charge in [0.05, 0.1) is 6.61 Å². The summed E-state index contributed by atoms with van der Waals surface area (Å²) in [5.41, 5.74) is 0. The van der Waals surface area contributed by atoms with Gasteiger partial charge < -0.3 is 4.52 Å². The van der Waals surface area contributed by atoms with Crippen molar-refractivity contribution < 1.29 is 4.52 Å². The monoisotopic (exact) mass is 176 g/mol. The molecule has 0 saturated carbocycles. The molecule has 0 heterocycles. The minimum Gasteiger partial charge on any atom is -0.366 e. The first-order valence-corrected chi connectivity index (χ1v) is 5.20. The van der Waals surface area contributed by atoms with Crippen LogP contribution < -0.4 is 0 Å². The summed E-state index contributed by atoms with van der Waals surface area (Å²) >= 11 is 0. The van der Waals surface area contributed by atoms with Crippen LogP contribution in [0.1, 0.15) is 51.9 Å². The first kappa shape index (κ1) is 11.4. The summed E-state index contributed by atoms with van der Waals surface area (Å²) in [6.07, 6.45) is 9.50. The average Bonchev–Trinajstić information content (AvgIpc) is 2.03. The van der Waals surface area contributed by atoms with Crippen molar-refractivity contribution in [2.75, 3.05) is 6.61 Å². The molecule has 0 radical (unpaired) electrons. The molecular formula is C9H21OP. The van der Waals surface area contributed by atoms with E-state index in [1.807, 2.05) is 0 Å². The lowest BCUT2D eigenvalue weighted by Gasteiger charge is -1.99. The van der Waals surface area contributed by atoms with E-state index >= 15 is 0 Å². The highest BCUT2D eigenvalue weighted by atomic mass is 31.0. The Morgan fingerprint density at radius 1 is 0.909 bits per heavy atom. The van der Waals surface area contributed by atoms with Crippen molar-refractivity contribution in [3.05, 3.63) is 0 Å². The molecule has 0 saturated heterocycles. The molecule has 68 valence electrons. The third-order valence-corrected chi connectivity index (χ3v) is 2.10. The number of hydrogen-bond acceptors (Lipinski definition) is 1. The molecule has 1 atom stereocenters. The van der Waals surface area contributed by atoms with Gasteiger partial charge in [0.1, 0.15) is 0 Å². The molecule has 0 aromatic carbocycles. The molecular weight excluding hydrogens is 155 g/mol. The van der Waals surface area contributed by atoms with E-state index in [9.17, 15) is 0 Å². The Hall–Kier alpha value is 0.390. The summed E-state index contributed by atoms with van der Waals surface area (Å²) in [6, 6.07) is 0. The Morgan fingerprint density at radius 2 is 1.45 bits per heavy atom. The van der Waals surface area contributed by atoms with E-state index in [1.54, 1.807) is 0 Å². The molecule has 0 aromatic heterocycles. The van der Waals surface area contributed by atoms with Crippen molar-refractivity contribution in [1.29, 1.82) is 0 Å². The van der Waals surface area contributed by atoms with E-state index in [-0.39, 0.29) is 0 Å². The maximum absolute atomic E-state index is 4.89. The van der Waals surface area contributed by atoms with Crippen LogP contribution in [0.5, 0.6) is 0 Å². The smallest absolute Gasteiger partial charge is 0.0501 e. The van der Waals surface area contributed by atoms with Crippen LogP contribution in [0.2, 0.25) is 0 Å². The Bertz CT molecular complexity index is 58.6. The molecule has 0 aromatic rings. The van der Waals surface area contributed by atoms with E-state index in [1.165, 1.54) is 44.9 Å². The van der Waals surface area contributed by atoms with Crippen LogP contribution in [0.15, 0.2) is 0 Å². The lowest BCUT2D eigenvalue weighted by Crippen LogP contribution is -1.84. The van der Waals surface area contributed by atoms with Crippen molar-refractivity contribution in [1.82, 2.24) is 0 Å². The second-order valence-electron chi connectivity index (χ2n) is 2.99. The lowest BCUT2D eigenvalue weighted by atomic mass is 10.1. The number of unbranched alkanes of at least 4 members (excludes halogenated alkanes) is 6. The van der Waals surface area contributed by atoms with Gasteiger partial charge in [-0.2, -0.15) is 0 Å². The zero-order chi connectivity index (χ0) is 8.36. The second kappa shape index (κ2) is 10.4. The number of hydrogen-bond donors (Lipinski definition) is 0. The molecule has 0 N–H and O–H groups in total. The minimum atomic E-state index is 0.901. The third-order valence-electron chi connectivity index (χ3n) is 1.87. The maximum Gasteiger partial charge on any atom is 0.0501 e. The highest BCUT2D eigenvalue weighted by Gasteiger charge is 1.89. The van der Waals surface area contributed by atoms with Gasteiger partial charge in [-0.25, -0.2) is 0 Å². The molecule has 0 rings (SSSR count). The molecule has 0 fully saturated rings. The molecule has 0 aliphatic rings. The van der Waals surface area contributed by atoms with Gasteiger partial charge >= 0.3 is 0 Å². The van der Waals surface area contributed by atoms with Crippen LogP contribution in [0.3, 0.4) is 0 Å². The summed E-state index contributed by atoms with van der Waals surface area (Å²) < 4.78 is 4.89. The van der Waals surface area contributed by atoms with Crippen molar-refractivity contribution in [2.24, 2.45) is 0 Å². The summed E-state index contributed by atoms with van der Waals surface area (Å²) in [4.78, 5) is 0. The van der Waals surface area contributed by atoms with E-state index in [0.717, 1.165) is 6.61 Å². The van der Waals surface area contributed by atoms with Crippen LogP contribution in [0, 0.1) is 0 Å². The molecule has 0 amide bonds. The summed E-state index contributed by atoms with van der Waals surface area (Å²) in [6.45, 7) is 3.15. The van der Waals surface area contributed by atoms with Gasteiger partial charge in [-0.1, -0.05) is 45.4 Å². The highest BCUT2D eigenvalue weighted by molar-refractivity contribution is 7.09. The first-order valence-electron chi connectivity index (χ1n) is 4.73. The Kier molecular flexibility index (Phi) is 10.8. The van der Waals surface area contributed by atoms with E-state index < -0.39 is 0 Å². The highest BCUT2D eigenvalue weighted by Crippen LogP contribution is 2.07. The van der Waals surface area contributed by atoms with Gasteiger partial charge in [-0.3, -0.25) is 0 Å². The lowest BCUT2D eigenvalue weighted by molar-refractivity contribution is 0.353. The van der Waals surface area contributed by atoms with E-state index in [4.69, 9.17) is 4.52 Å². The van der Waals surface area contributed by atoms with Crippen LogP contribution in [-0.4, -0.2) is 6.61 Å². The quantitative estimate of drug-likeness (QED) is 0.406. The molecule has 0 bridgehead atoms. The van der Waals surface area contributed by atoms with Gasteiger partial charge in [0.2, 0.25) is 0 Å². The predicted molar refractivity (Wildman–Crippen MR) is 53.7 cm³/mol. The van der Waals surface area contributed by atoms with Gasteiger partial charge in [0, 0.05) is 9.47 Å². The molecule has 11 heavy (non-hydrogen) atoms. The Labute approximate surface area is 73.2 Å². The first-order chi connectivity index (χ1) is 5.41. The molecule has 1 unspecified atom stereocenters. The zero-order valence-corrected chi connectivity index (χ0v) is 8.80. The Balaban J connectivity index is 2.69. The molecule has 2 heteroatoms. The summed E-state index contributed by atoms with van der Waals surface area (Å²) in [5, 5.41) is 0. The average molecular weight is 176 g/mol. The van der Waals surface area contributed by atoms with Crippen molar-refractivity contribution >= 4 is 9.47 Å². The zero-order valence-electron chi connectivity index (χ0n) is 7.64. The van der Waals surface area contributed by atoms with E-state index in [2.05, 4.69) is 16.4 Å². The van der Waals surface area contributed by atoms with Gasteiger partial charge in [0.25, 0.3) is 0 Å². The maximum atomic E-state index is 4.89. The third kappa shape index (κ3) is 10.4. The van der Waals surface area contributed by atoms with E-state index in [0.29, 0.717) is 0 Å². The fourth-order valence-corrected chi connectivity index (χ4v) is 1.31. The van der Waals surface area contributed by atoms with Crippen molar-refractivity contribution in [3.63, 3.8) is 0 Å². The normalized spacial score (nSPS) is 10.4. The van der Waals surface area contributed by atoms with Crippen molar-refractivity contribution in [2.45, 2.75) is 51.9 Å². The SMILES string of the molecule is CCCCCCCCCOP. The molecule has 0 aliphatic carbocycles. The molecule has 0 spiro atoms. The summed E-state index contributed by atoms with van der Waals surface area (Å²) in [7, 11) is 2.29.